The number of carbonyl (C=O) groups excluding carboxylic acids is 1. The van der Waals surface area contributed by atoms with Gasteiger partial charge in [0, 0.05) is 6.42 Å². The maximum atomic E-state index is 12.9. The second kappa shape index (κ2) is 42.7. The minimum Gasteiger partial charge on any atom is -0.756 e. The average molecular weight is 865 g/mol. The van der Waals surface area contributed by atoms with Crippen molar-refractivity contribution in [2.24, 2.45) is 0 Å². The molecule has 2 N–H and O–H groups in total. The minimum atomic E-state index is -4.60. The molecule has 3 unspecified atom stereocenters. The summed E-state index contributed by atoms with van der Waals surface area (Å²) in [6, 6.07) is -0.892. The van der Waals surface area contributed by atoms with E-state index < -0.39 is 20.0 Å². The summed E-state index contributed by atoms with van der Waals surface area (Å²) < 4.78 is 23.3. The van der Waals surface area contributed by atoms with E-state index in [-0.39, 0.29) is 19.1 Å². The van der Waals surface area contributed by atoms with E-state index in [9.17, 15) is 19.4 Å². The number of unbranched alkanes of at least 4 members (excludes halogenated alkanes) is 26. The van der Waals surface area contributed by atoms with Crippen molar-refractivity contribution < 1.29 is 32.9 Å². The second-order valence-corrected chi connectivity index (χ2v) is 19.6. The Morgan fingerprint density at radius 3 is 1.48 bits per heavy atom. The number of phosphoric acid groups is 1. The van der Waals surface area contributed by atoms with Crippen molar-refractivity contribution in [2.75, 3.05) is 40.9 Å². The Labute approximate surface area is 371 Å². The molecule has 60 heavy (non-hydrogen) atoms. The number of nitrogens with zero attached hydrogens (tertiary/aromatic N) is 1. The lowest BCUT2D eigenvalue weighted by atomic mass is 10.0. The fourth-order valence-corrected chi connectivity index (χ4v) is 7.83. The van der Waals surface area contributed by atoms with E-state index in [1.807, 2.05) is 27.2 Å². The molecule has 0 heterocycles. The molecule has 8 nitrogen and oxygen atoms in total. The van der Waals surface area contributed by atoms with Crippen LogP contribution < -0.4 is 10.2 Å². The summed E-state index contributed by atoms with van der Waals surface area (Å²) in [5, 5.41) is 13.8. The van der Waals surface area contributed by atoms with Gasteiger partial charge in [0.15, 0.2) is 0 Å². The topological polar surface area (TPSA) is 108 Å². The normalized spacial score (nSPS) is 14.6. The first-order chi connectivity index (χ1) is 29.0. The van der Waals surface area contributed by atoms with E-state index in [4.69, 9.17) is 9.05 Å². The monoisotopic (exact) mass is 865 g/mol. The fourth-order valence-electron chi connectivity index (χ4n) is 7.11. The van der Waals surface area contributed by atoms with Gasteiger partial charge < -0.3 is 28.8 Å². The zero-order valence-corrected chi connectivity index (χ0v) is 40.8. The van der Waals surface area contributed by atoms with Gasteiger partial charge in [-0.05, 0) is 51.4 Å². The highest BCUT2D eigenvalue weighted by Gasteiger charge is 2.23. The zero-order valence-electron chi connectivity index (χ0n) is 39.9. The van der Waals surface area contributed by atoms with Crippen molar-refractivity contribution in [3.8, 4) is 0 Å². The Hall–Kier alpha value is -1.54. The summed E-state index contributed by atoms with van der Waals surface area (Å²) in [6.07, 6.45) is 54.5. The van der Waals surface area contributed by atoms with Crippen LogP contribution in [0.2, 0.25) is 0 Å². The Kier molecular flexibility index (Phi) is 41.6. The van der Waals surface area contributed by atoms with Gasteiger partial charge in [-0.15, -0.1) is 0 Å². The van der Waals surface area contributed by atoms with Crippen molar-refractivity contribution in [1.82, 2.24) is 5.32 Å². The number of aliphatic hydroxyl groups is 1. The van der Waals surface area contributed by atoms with Gasteiger partial charge in [0.2, 0.25) is 5.91 Å². The third-order valence-electron chi connectivity index (χ3n) is 11.0. The largest absolute Gasteiger partial charge is 0.756 e. The molecule has 1 amide bonds. The van der Waals surface area contributed by atoms with E-state index in [0.29, 0.717) is 17.4 Å². The van der Waals surface area contributed by atoms with Crippen molar-refractivity contribution in [3.63, 3.8) is 0 Å². The predicted molar refractivity (Wildman–Crippen MR) is 256 cm³/mol. The number of quaternary nitrogens is 1. The molecule has 0 aliphatic rings. The summed E-state index contributed by atoms with van der Waals surface area (Å²) in [5.74, 6) is -0.208. The highest BCUT2D eigenvalue weighted by atomic mass is 31.2. The second-order valence-electron chi connectivity index (χ2n) is 18.1. The van der Waals surface area contributed by atoms with Gasteiger partial charge in [-0.25, -0.2) is 0 Å². The summed E-state index contributed by atoms with van der Waals surface area (Å²) >= 11 is 0. The van der Waals surface area contributed by atoms with Gasteiger partial charge in [-0.2, -0.15) is 0 Å². The van der Waals surface area contributed by atoms with Gasteiger partial charge in [0.05, 0.1) is 39.9 Å². The van der Waals surface area contributed by atoms with Crippen molar-refractivity contribution in [1.29, 1.82) is 0 Å². The molecular weight excluding hydrogens is 768 g/mol. The number of hydrogen-bond donors (Lipinski definition) is 2. The van der Waals surface area contributed by atoms with E-state index in [1.165, 1.54) is 128 Å². The number of likely N-dealkylation sites (N-methyl/N-ethyl adjacent to an activating group) is 1. The van der Waals surface area contributed by atoms with E-state index in [0.717, 1.165) is 70.6 Å². The van der Waals surface area contributed by atoms with Crippen molar-refractivity contribution in [2.45, 2.75) is 231 Å². The van der Waals surface area contributed by atoms with Gasteiger partial charge >= 0.3 is 0 Å². The summed E-state index contributed by atoms with van der Waals surface area (Å²) in [6.45, 7) is 4.54. The Morgan fingerprint density at radius 1 is 0.600 bits per heavy atom. The molecule has 0 fully saturated rings. The number of rotatable bonds is 45. The van der Waals surface area contributed by atoms with Gasteiger partial charge in [-0.1, -0.05) is 210 Å². The number of aliphatic hydroxyl groups excluding tert-OH is 1. The van der Waals surface area contributed by atoms with Gasteiger partial charge in [0.1, 0.15) is 13.2 Å². The lowest BCUT2D eigenvalue weighted by Crippen LogP contribution is -2.45. The molecule has 0 aliphatic carbocycles. The molecular formula is C51H97N2O6P. The summed E-state index contributed by atoms with van der Waals surface area (Å²) in [4.78, 5) is 25.4. The lowest BCUT2D eigenvalue weighted by molar-refractivity contribution is -0.870. The number of amides is 1. The molecule has 0 spiro atoms. The lowest BCUT2D eigenvalue weighted by Gasteiger charge is -2.29. The number of carbonyl (C=O) groups is 1. The van der Waals surface area contributed by atoms with Crippen LogP contribution in [0.15, 0.2) is 48.6 Å². The molecule has 0 rings (SSSR count). The third kappa shape index (κ3) is 44.5. The van der Waals surface area contributed by atoms with Crippen LogP contribution in [-0.2, 0) is 18.4 Å². The summed E-state index contributed by atoms with van der Waals surface area (Å²) in [5.41, 5.74) is 0. The van der Waals surface area contributed by atoms with Crippen LogP contribution >= 0.6 is 7.82 Å². The smallest absolute Gasteiger partial charge is 0.268 e. The molecule has 0 aromatic rings. The van der Waals surface area contributed by atoms with Crippen LogP contribution in [0.1, 0.15) is 219 Å². The highest BCUT2D eigenvalue weighted by Crippen LogP contribution is 2.38. The molecule has 0 aliphatic heterocycles. The molecule has 0 bridgehead atoms. The molecule has 0 aromatic carbocycles. The van der Waals surface area contributed by atoms with Crippen LogP contribution in [0.5, 0.6) is 0 Å². The maximum Gasteiger partial charge on any atom is 0.268 e. The number of hydrogen-bond acceptors (Lipinski definition) is 6. The molecule has 3 atom stereocenters. The van der Waals surface area contributed by atoms with E-state index >= 15 is 0 Å². The van der Waals surface area contributed by atoms with E-state index in [2.05, 4.69) is 55.6 Å². The highest BCUT2D eigenvalue weighted by molar-refractivity contribution is 7.45. The quantitative estimate of drug-likeness (QED) is 0.0273. The predicted octanol–water partition coefficient (Wildman–Crippen LogP) is 13.8. The fraction of sp³-hybridized carbons (Fsp3) is 0.824. The maximum absolute atomic E-state index is 12.9. The van der Waals surface area contributed by atoms with Crippen molar-refractivity contribution >= 4 is 13.7 Å². The van der Waals surface area contributed by atoms with Crippen LogP contribution in [0.25, 0.3) is 0 Å². The molecule has 0 saturated carbocycles. The van der Waals surface area contributed by atoms with Crippen molar-refractivity contribution in [3.05, 3.63) is 48.6 Å². The first-order valence-electron chi connectivity index (χ1n) is 25.0. The number of allylic oxidation sites excluding steroid dienone is 7. The van der Waals surface area contributed by atoms with Crippen LogP contribution in [-0.4, -0.2) is 68.5 Å². The van der Waals surface area contributed by atoms with Crippen LogP contribution in [0.3, 0.4) is 0 Å². The van der Waals surface area contributed by atoms with Crippen LogP contribution in [0.4, 0.5) is 0 Å². The first-order valence-corrected chi connectivity index (χ1v) is 26.5. The van der Waals surface area contributed by atoms with Gasteiger partial charge in [-0.3, -0.25) is 9.36 Å². The minimum absolute atomic E-state index is 0.00427. The molecule has 0 aromatic heterocycles. The van der Waals surface area contributed by atoms with E-state index in [1.54, 1.807) is 6.08 Å². The zero-order chi connectivity index (χ0) is 44.3. The Morgan fingerprint density at radius 2 is 1.02 bits per heavy atom. The molecule has 0 saturated heterocycles. The third-order valence-corrected chi connectivity index (χ3v) is 12.0. The summed E-state index contributed by atoms with van der Waals surface area (Å²) in [7, 11) is 1.25. The SMILES string of the molecule is CC/C=C\C/C=C\C/C=C\CCCCCCCCCC(=O)NC(COP(=O)([O-])OCC[N+](C)(C)C)C(O)/C=C/CCCCCCCCCCCCCCCCCCCCC. The standard InChI is InChI=1S/C51H97N2O6P/c1-6-8-10-12-14-16-18-20-22-24-25-26-27-29-30-32-34-36-38-40-42-44-50(54)49(48-59-60(56,57)58-47-46-53(3,4)5)52-51(55)45-43-41-39-37-35-33-31-28-23-21-19-17-15-13-11-9-7-2/h9,11,15,17,21,23,42,44,49-50,54H,6-8,10,12-14,16,18-20,22,24-41,43,45-48H2,1-5H3,(H-,52,55,56,57)/b11-9-,17-15-,23-21-,44-42+. The molecule has 9 heteroatoms. The van der Waals surface area contributed by atoms with Crippen LogP contribution in [0, 0.1) is 0 Å². The molecule has 352 valence electrons. The first kappa shape index (κ1) is 58.5. The number of nitrogens with one attached hydrogen (secondary N) is 1. The van der Waals surface area contributed by atoms with Gasteiger partial charge in [0.25, 0.3) is 7.82 Å². The molecule has 0 radical (unpaired) electrons. The average Bonchev–Trinajstić information content (AvgIpc) is 3.20. The Balaban J connectivity index is 4.34. The Bertz CT molecular complexity index is 1120. The number of phosphoric ester groups is 1.